The number of hydrogen-bond donors (Lipinski definition) is 1. The van der Waals surface area contributed by atoms with Crippen LogP contribution in [0.3, 0.4) is 0 Å². The second kappa shape index (κ2) is 6.32. The largest absolute Gasteiger partial charge is 0.506 e. The lowest BCUT2D eigenvalue weighted by molar-refractivity contribution is -0.855. The number of hydrogen-bond acceptors (Lipinski definition) is 3. The number of carbonyl (C=O) groups is 1. The van der Waals surface area contributed by atoms with Gasteiger partial charge in [0, 0.05) is 6.42 Å². The zero-order valence-corrected chi connectivity index (χ0v) is 17.9. The average molecular weight is 375 g/mol. The summed E-state index contributed by atoms with van der Waals surface area (Å²) in [7, 11) is -1.91. The minimum absolute atomic E-state index is 0.0317. The zero-order valence-electron chi connectivity index (χ0n) is 16.9. The van der Waals surface area contributed by atoms with Crippen LogP contribution in [-0.4, -0.2) is 49.0 Å². The summed E-state index contributed by atoms with van der Waals surface area (Å²) in [4.78, 5) is 13.4. The fraction of sp³-hybridized carbons (Fsp3) is 0.571. The van der Waals surface area contributed by atoms with Crippen LogP contribution in [-0.2, 0) is 9.22 Å². The molecule has 0 aromatic heterocycles. The number of fused-ring (bicyclic) bond motifs is 1. The van der Waals surface area contributed by atoms with Gasteiger partial charge in [0.15, 0.2) is 20.1 Å². The molecule has 1 aromatic carbocycles. The molecule has 1 N–H and O–H groups in total. The van der Waals surface area contributed by atoms with E-state index in [0.717, 1.165) is 5.56 Å². The summed E-state index contributed by atoms with van der Waals surface area (Å²) in [5.74, 6) is 0.298. The van der Waals surface area contributed by atoms with Crippen molar-refractivity contribution in [2.45, 2.75) is 64.4 Å². The van der Waals surface area contributed by atoms with E-state index in [1.807, 2.05) is 37.3 Å². The molecule has 2 aliphatic heterocycles. The van der Waals surface area contributed by atoms with Crippen molar-refractivity contribution in [3.05, 3.63) is 41.7 Å². The number of amides is 1. The number of quaternary nitrogens is 1. The molecule has 26 heavy (non-hydrogen) atoms. The monoisotopic (exact) mass is 374 g/mol. The number of aliphatic hydroxyl groups is 1. The molecule has 1 fully saturated rings. The molecule has 0 aliphatic carbocycles. The maximum absolute atomic E-state index is 13.4. The Labute approximate surface area is 158 Å². The maximum Gasteiger partial charge on any atom is 0.350 e. The van der Waals surface area contributed by atoms with Crippen LogP contribution in [0.5, 0.6) is 0 Å². The van der Waals surface area contributed by atoms with E-state index in [1.54, 1.807) is 0 Å². The molecular weight excluding hydrogens is 342 g/mol. The van der Waals surface area contributed by atoms with Crippen molar-refractivity contribution >= 4 is 19.8 Å². The van der Waals surface area contributed by atoms with E-state index in [0.29, 0.717) is 29.6 Å². The van der Waals surface area contributed by atoms with E-state index in [1.165, 1.54) is 0 Å². The third kappa shape index (κ3) is 2.86. The number of carbonyl (C=O) groups excluding carboxylic acids is 1. The molecule has 5 heteroatoms. The minimum Gasteiger partial charge on any atom is -0.506 e. The van der Waals surface area contributed by atoms with Crippen molar-refractivity contribution in [3.8, 4) is 0 Å². The van der Waals surface area contributed by atoms with Gasteiger partial charge in [-0.2, -0.15) is 0 Å². The molecule has 0 saturated carbocycles. The summed E-state index contributed by atoms with van der Waals surface area (Å²) in [5, 5.41) is 11.1. The lowest BCUT2D eigenvalue weighted by Crippen LogP contribution is -2.54. The van der Waals surface area contributed by atoms with Crippen LogP contribution in [0.4, 0.5) is 0 Å². The second-order valence-electron chi connectivity index (χ2n) is 9.22. The number of nitrogens with zero attached hydrogens (tertiary/aromatic N) is 1. The topological polar surface area (TPSA) is 46.5 Å². The van der Waals surface area contributed by atoms with Crippen molar-refractivity contribution < 1.29 is 18.8 Å². The molecule has 2 heterocycles. The Hall–Kier alpha value is -1.43. The first kappa shape index (κ1) is 19.3. The van der Waals surface area contributed by atoms with Crippen LogP contribution in [0, 0.1) is 0 Å². The van der Waals surface area contributed by atoms with Gasteiger partial charge in [0.25, 0.3) is 0 Å². The number of rotatable bonds is 4. The van der Waals surface area contributed by atoms with Gasteiger partial charge in [-0.15, -0.1) is 0 Å². The van der Waals surface area contributed by atoms with Crippen molar-refractivity contribution in [2.75, 3.05) is 13.1 Å². The van der Waals surface area contributed by atoms with Crippen LogP contribution in [0.1, 0.15) is 39.7 Å². The highest BCUT2D eigenvalue weighted by Gasteiger charge is 2.61. The molecule has 142 valence electrons. The molecule has 1 amide bonds. The summed E-state index contributed by atoms with van der Waals surface area (Å²) in [6.07, 6.45) is 0.748. The van der Waals surface area contributed by atoms with Gasteiger partial charge in [0.2, 0.25) is 0 Å². The van der Waals surface area contributed by atoms with E-state index >= 15 is 0 Å². The SMILES string of the molecule is CC[N+]12CC(O[Si](C)(C)C(C)(C)C)CC1C(O)=C(c1ccccc1)C2=O. The molecule has 2 aliphatic rings. The van der Waals surface area contributed by atoms with Crippen LogP contribution < -0.4 is 0 Å². The Morgan fingerprint density at radius 1 is 1.23 bits per heavy atom. The van der Waals surface area contributed by atoms with Crippen LogP contribution in [0.15, 0.2) is 36.1 Å². The summed E-state index contributed by atoms with van der Waals surface area (Å²) >= 11 is 0. The van der Waals surface area contributed by atoms with Gasteiger partial charge in [0.1, 0.15) is 18.2 Å². The first-order valence-electron chi connectivity index (χ1n) is 9.61. The van der Waals surface area contributed by atoms with Gasteiger partial charge in [-0.05, 0) is 30.6 Å². The Morgan fingerprint density at radius 2 is 1.85 bits per heavy atom. The zero-order chi connectivity index (χ0) is 19.3. The smallest absolute Gasteiger partial charge is 0.350 e. The van der Waals surface area contributed by atoms with Gasteiger partial charge in [-0.1, -0.05) is 51.1 Å². The highest BCUT2D eigenvalue weighted by atomic mass is 28.4. The van der Waals surface area contributed by atoms with Crippen molar-refractivity contribution in [3.63, 3.8) is 0 Å². The van der Waals surface area contributed by atoms with Crippen LogP contribution in [0.25, 0.3) is 5.57 Å². The Kier molecular flexibility index (Phi) is 4.70. The van der Waals surface area contributed by atoms with Crippen LogP contribution >= 0.6 is 0 Å². The van der Waals surface area contributed by atoms with Crippen LogP contribution in [0.2, 0.25) is 18.1 Å². The minimum atomic E-state index is -1.91. The van der Waals surface area contributed by atoms with E-state index < -0.39 is 8.32 Å². The van der Waals surface area contributed by atoms with Gasteiger partial charge < -0.3 is 9.53 Å². The van der Waals surface area contributed by atoms with Gasteiger partial charge in [0.05, 0.1) is 6.54 Å². The summed E-state index contributed by atoms with van der Waals surface area (Å²) in [6.45, 7) is 14.6. The highest BCUT2D eigenvalue weighted by molar-refractivity contribution is 6.74. The Balaban J connectivity index is 1.92. The first-order valence-corrected chi connectivity index (χ1v) is 12.5. The van der Waals surface area contributed by atoms with Crippen molar-refractivity contribution in [2.24, 2.45) is 0 Å². The molecule has 4 nitrogen and oxygen atoms in total. The average Bonchev–Trinajstić information content (AvgIpc) is 3.01. The lowest BCUT2D eigenvalue weighted by Gasteiger charge is -2.38. The van der Waals surface area contributed by atoms with Gasteiger partial charge in [-0.25, -0.2) is 9.28 Å². The molecule has 1 saturated heterocycles. The molecular formula is C21H32NO3Si+. The van der Waals surface area contributed by atoms with E-state index in [-0.39, 0.29) is 28.9 Å². The predicted octanol–water partition coefficient (Wildman–Crippen LogP) is 4.50. The number of aliphatic hydroxyl groups excluding tert-OH is 1. The normalized spacial score (nSPS) is 29.4. The van der Waals surface area contributed by atoms with E-state index in [4.69, 9.17) is 4.43 Å². The lowest BCUT2D eigenvalue weighted by atomic mass is 10.0. The Bertz CT molecular complexity index is 735. The number of benzene rings is 1. The molecule has 3 atom stereocenters. The maximum atomic E-state index is 13.4. The molecule has 0 bridgehead atoms. The van der Waals surface area contributed by atoms with E-state index in [2.05, 4.69) is 33.9 Å². The van der Waals surface area contributed by atoms with Gasteiger partial charge >= 0.3 is 5.91 Å². The quantitative estimate of drug-likeness (QED) is 0.624. The fourth-order valence-corrected chi connectivity index (χ4v) is 5.49. The second-order valence-corrected chi connectivity index (χ2v) is 14.0. The third-order valence-corrected chi connectivity index (χ3v) is 11.2. The fourth-order valence-electron chi connectivity index (χ4n) is 4.13. The summed E-state index contributed by atoms with van der Waals surface area (Å²) in [6, 6.07) is 9.38. The molecule has 0 radical (unpaired) electrons. The number of likely N-dealkylation sites (N-methyl/N-ethyl adjacent to an activating group) is 1. The van der Waals surface area contributed by atoms with E-state index in [9.17, 15) is 9.90 Å². The highest BCUT2D eigenvalue weighted by Crippen LogP contribution is 2.46. The van der Waals surface area contributed by atoms with Crippen molar-refractivity contribution in [1.82, 2.24) is 0 Å². The molecule has 1 aromatic rings. The molecule has 3 unspecified atom stereocenters. The summed E-state index contributed by atoms with van der Waals surface area (Å²) < 4.78 is 6.90. The Morgan fingerprint density at radius 3 is 2.35 bits per heavy atom. The molecule has 0 spiro atoms. The third-order valence-electron chi connectivity index (χ3n) is 6.70. The van der Waals surface area contributed by atoms with Gasteiger partial charge in [-0.3, -0.25) is 0 Å². The predicted molar refractivity (Wildman–Crippen MR) is 107 cm³/mol. The first-order chi connectivity index (χ1) is 12.0. The standard InChI is InChI=1S/C21H31NO3Si/c1-7-22-14-16(25-26(5,6)21(2,3)4)13-17(22)19(23)18(20(22)24)15-11-9-8-10-12-15/h8-12,16-17H,7,13-14H2,1-6H3/p+1. The molecule has 3 rings (SSSR count). The summed E-state index contributed by atoms with van der Waals surface area (Å²) in [5.41, 5.74) is 1.32. The van der Waals surface area contributed by atoms with Crippen molar-refractivity contribution in [1.29, 1.82) is 0 Å².